The van der Waals surface area contributed by atoms with E-state index < -0.39 is 26.5 Å². The SMILES string of the molecule is O=C(CCSc1nc2ccccc2o1)Oc1ccc(S(=O)(=O)C2(C(=O)NO)CCN(CC3CC3)CC2)cc1. The third-order valence-electron chi connectivity index (χ3n) is 7.08. The number of thioether (sulfide) groups is 1. The molecule has 1 saturated heterocycles. The van der Waals surface area contributed by atoms with Crippen LogP contribution >= 0.6 is 11.8 Å². The molecule has 5 rings (SSSR count). The van der Waals surface area contributed by atoms with E-state index in [2.05, 4.69) is 9.88 Å². The van der Waals surface area contributed by atoms with Gasteiger partial charge in [0.15, 0.2) is 20.2 Å². The van der Waals surface area contributed by atoms with Crippen molar-refractivity contribution in [3.63, 3.8) is 0 Å². The molecular formula is C26H29N3O7S2. The molecule has 0 spiro atoms. The summed E-state index contributed by atoms with van der Waals surface area (Å²) in [5.41, 5.74) is 3.00. The summed E-state index contributed by atoms with van der Waals surface area (Å²) in [7, 11) is -4.13. The highest BCUT2D eigenvalue weighted by atomic mass is 32.2. The number of likely N-dealkylation sites (tertiary alicyclic amines) is 1. The Kier molecular flexibility index (Phi) is 7.75. The molecule has 1 aliphatic heterocycles. The van der Waals surface area contributed by atoms with E-state index in [1.165, 1.54) is 48.9 Å². The van der Waals surface area contributed by atoms with Crippen LogP contribution in [0.5, 0.6) is 5.75 Å². The first-order valence-corrected chi connectivity index (χ1v) is 15.0. The van der Waals surface area contributed by atoms with E-state index in [-0.39, 0.29) is 29.9 Å². The Balaban J connectivity index is 1.19. The predicted octanol–water partition coefficient (Wildman–Crippen LogP) is 3.44. The quantitative estimate of drug-likeness (QED) is 0.125. The molecule has 1 aliphatic carbocycles. The number of hydroxylamine groups is 1. The van der Waals surface area contributed by atoms with E-state index in [0.717, 1.165) is 12.1 Å². The van der Waals surface area contributed by atoms with Crippen molar-refractivity contribution < 1.29 is 32.4 Å². The molecule has 0 radical (unpaired) electrons. The van der Waals surface area contributed by atoms with E-state index >= 15 is 0 Å². The molecule has 0 unspecified atom stereocenters. The van der Waals surface area contributed by atoms with Crippen molar-refractivity contribution in [1.29, 1.82) is 0 Å². The number of sulfone groups is 1. The van der Waals surface area contributed by atoms with Gasteiger partial charge < -0.3 is 14.1 Å². The molecular weight excluding hydrogens is 530 g/mol. The molecule has 38 heavy (non-hydrogen) atoms. The molecule has 12 heteroatoms. The zero-order chi connectivity index (χ0) is 26.8. The normalized spacial score (nSPS) is 17.8. The topological polar surface area (TPSA) is 139 Å². The molecule has 1 aromatic heterocycles. The van der Waals surface area contributed by atoms with Crippen LogP contribution < -0.4 is 10.2 Å². The van der Waals surface area contributed by atoms with Gasteiger partial charge >= 0.3 is 5.97 Å². The van der Waals surface area contributed by atoms with Crippen molar-refractivity contribution in [2.45, 2.75) is 47.0 Å². The van der Waals surface area contributed by atoms with Gasteiger partial charge in [0.2, 0.25) is 0 Å². The van der Waals surface area contributed by atoms with Crippen LogP contribution in [-0.2, 0) is 19.4 Å². The number of piperidine rings is 1. The molecule has 2 heterocycles. The van der Waals surface area contributed by atoms with E-state index in [1.807, 2.05) is 24.3 Å². The summed E-state index contributed by atoms with van der Waals surface area (Å²) < 4.78 is 36.4. The number of nitrogens with zero attached hydrogens (tertiary/aromatic N) is 2. The largest absolute Gasteiger partial charge is 0.431 e. The van der Waals surface area contributed by atoms with Gasteiger partial charge in [-0.15, -0.1) is 0 Å². The molecule has 2 fully saturated rings. The van der Waals surface area contributed by atoms with Crippen LogP contribution in [0.3, 0.4) is 0 Å². The number of nitrogens with one attached hydrogen (secondary N) is 1. The second-order valence-corrected chi connectivity index (χ2v) is 13.0. The Hall–Kier alpha value is -2.93. The zero-order valence-electron chi connectivity index (χ0n) is 20.7. The lowest BCUT2D eigenvalue weighted by molar-refractivity contribution is -0.134. The van der Waals surface area contributed by atoms with E-state index in [4.69, 9.17) is 9.15 Å². The zero-order valence-corrected chi connectivity index (χ0v) is 22.3. The summed E-state index contributed by atoms with van der Waals surface area (Å²) in [6, 6.07) is 12.8. The van der Waals surface area contributed by atoms with Crippen LogP contribution in [0.4, 0.5) is 0 Å². The summed E-state index contributed by atoms with van der Waals surface area (Å²) in [6.07, 6.45) is 2.64. The van der Waals surface area contributed by atoms with Gasteiger partial charge in [-0.05, 0) is 68.0 Å². The fourth-order valence-corrected chi connectivity index (χ4v) is 7.42. The maximum Gasteiger partial charge on any atom is 0.312 e. The minimum atomic E-state index is -4.13. The van der Waals surface area contributed by atoms with Gasteiger partial charge in [0.25, 0.3) is 11.1 Å². The molecule has 1 saturated carbocycles. The number of fused-ring (bicyclic) bond motifs is 1. The number of amides is 1. The highest BCUT2D eigenvalue weighted by Gasteiger charge is 2.53. The van der Waals surface area contributed by atoms with Crippen LogP contribution in [0.2, 0.25) is 0 Å². The highest BCUT2D eigenvalue weighted by Crippen LogP contribution is 2.38. The summed E-state index contributed by atoms with van der Waals surface area (Å²) in [6.45, 7) is 1.82. The van der Waals surface area contributed by atoms with Gasteiger partial charge in [0, 0.05) is 25.4 Å². The summed E-state index contributed by atoms with van der Waals surface area (Å²) >= 11 is 1.30. The van der Waals surface area contributed by atoms with Crippen molar-refractivity contribution in [3.05, 3.63) is 48.5 Å². The number of rotatable bonds is 10. The smallest absolute Gasteiger partial charge is 0.312 e. The summed E-state index contributed by atoms with van der Waals surface area (Å²) in [5, 5.41) is 9.83. The van der Waals surface area contributed by atoms with E-state index in [1.54, 1.807) is 5.48 Å². The van der Waals surface area contributed by atoms with Gasteiger partial charge in [0.05, 0.1) is 11.3 Å². The minimum absolute atomic E-state index is 0.0666. The van der Waals surface area contributed by atoms with Gasteiger partial charge in [-0.1, -0.05) is 23.9 Å². The third kappa shape index (κ3) is 5.58. The minimum Gasteiger partial charge on any atom is -0.431 e. The van der Waals surface area contributed by atoms with E-state index in [9.17, 15) is 23.2 Å². The number of ether oxygens (including phenoxy) is 1. The number of carbonyl (C=O) groups is 2. The number of hydrogen-bond acceptors (Lipinski definition) is 10. The van der Waals surface area contributed by atoms with Crippen LogP contribution in [-0.4, -0.2) is 65.5 Å². The lowest BCUT2D eigenvalue weighted by atomic mass is 9.94. The maximum atomic E-state index is 13.6. The second-order valence-electron chi connectivity index (χ2n) is 9.67. The first-order chi connectivity index (χ1) is 18.3. The van der Waals surface area contributed by atoms with Crippen molar-refractivity contribution >= 4 is 44.6 Å². The highest BCUT2D eigenvalue weighted by molar-refractivity contribution is 7.99. The molecule has 1 amide bonds. The first kappa shape index (κ1) is 26.7. The molecule has 2 N–H and O–H groups in total. The summed E-state index contributed by atoms with van der Waals surface area (Å²) in [4.78, 5) is 31.4. The number of hydrogen-bond donors (Lipinski definition) is 2. The Bertz CT molecular complexity index is 1380. The molecule has 202 valence electrons. The van der Waals surface area contributed by atoms with Crippen molar-refractivity contribution in [2.24, 2.45) is 5.92 Å². The number of esters is 1. The third-order valence-corrected chi connectivity index (χ3v) is 10.4. The van der Waals surface area contributed by atoms with Gasteiger partial charge in [-0.25, -0.2) is 18.9 Å². The molecule has 0 atom stereocenters. The van der Waals surface area contributed by atoms with Crippen LogP contribution in [0, 0.1) is 5.92 Å². The monoisotopic (exact) mass is 559 g/mol. The van der Waals surface area contributed by atoms with Gasteiger partial charge in [-0.3, -0.25) is 14.8 Å². The number of benzene rings is 2. The number of para-hydroxylation sites is 2. The van der Waals surface area contributed by atoms with Crippen LogP contribution in [0.25, 0.3) is 11.1 Å². The van der Waals surface area contributed by atoms with Gasteiger partial charge in [-0.2, -0.15) is 0 Å². The number of aromatic nitrogens is 1. The van der Waals surface area contributed by atoms with Crippen molar-refractivity contribution in [2.75, 3.05) is 25.4 Å². The number of carbonyl (C=O) groups excluding carboxylic acids is 2. The average molecular weight is 560 g/mol. The fraction of sp³-hybridized carbons (Fsp3) is 0.423. The Morgan fingerprint density at radius 1 is 1.13 bits per heavy atom. The molecule has 10 nitrogen and oxygen atoms in total. The summed E-state index contributed by atoms with van der Waals surface area (Å²) in [5.74, 6) is -0.157. The Morgan fingerprint density at radius 2 is 1.84 bits per heavy atom. The van der Waals surface area contributed by atoms with Crippen LogP contribution in [0.15, 0.2) is 63.1 Å². The van der Waals surface area contributed by atoms with Crippen molar-refractivity contribution in [1.82, 2.24) is 15.4 Å². The molecule has 3 aromatic rings. The molecule has 2 aliphatic rings. The fourth-order valence-electron chi connectivity index (χ4n) is 4.71. The average Bonchev–Trinajstić information content (AvgIpc) is 3.64. The Morgan fingerprint density at radius 3 is 2.50 bits per heavy atom. The van der Waals surface area contributed by atoms with Gasteiger partial charge in [0.1, 0.15) is 11.3 Å². The lowest BCUT2D eigenvalue weighted by Crippen LogP contribution is -2.57. The van der Waals surface area contributed by atoms with Crippen LogP contribution in [0.1, 0.15) is 32.1 Å². The second kappa shape index (κ2) is 11.0. The lowest BCUT2D eigenvalue weighted by Gasteiger charge is -2.39. The van der Waals surface area contributed by atoms with Crippen molar-refractivity contribution in [3.8, 4) is 5.75 Å². The van der Waals surface area contributed by atoms with E-state index in [0.29, 0.717) is 35.6 Å². The molecule has 2 aromatic carbocycles. The maximum absolute atomic E-state index is 13.6. The first-order valence-electron chi connectivity index (χ1n) is 12.5. The predicted molar refractivity (Wildman–Crippen MR) is 140 cm³/mol. The molecule has 0 bridgehead atoms. The number of oxazole rings is 1. The Labute approximate surface area is 224 Å². The standard InChI is InChI=1S/C26H29N3O7S2/c30-23(11-16-37-25-27-21-3-1-2-4-22(21)36-25)35-19-7-9-20(10-8-19)38(33,34)26(24(31)28-32)12-14-29(15-13-26)17-18-5-6-18/h1-4,7-10,18,32H,5-6,11-17H2,(H,28,31).